The molecule has 7 nitrogen and oxygen atoms in total. The number of carbonyl (C=O) groups is 1. The second-order valence-corrected chi connectivity index (χ2v) is 9.85. The Kier molecular flexibility index (Phi) is 8.53. The molecule has 0 bridgehead atoms. The number of halogens is 3. The van der Waals surface area contributed by atoms with Gasteiger partial charge in [0.2, 0.25) is 5.95 Å². The summed E-state index contributed by atoms with van der Waals surface area (Å²) in [4.78, 5) is 25.1. The molecule has 196 valence electrons. The van der Waals surface area contributed by atoms with Crippen molar-refractivity contribution in [3.8, 4) is 6.07 Å². The van der Waals surface area contributed by atoms with Gasteiger partial charge in [0.05, 0.1) is 22.0 Å². The Morgan fingerprint density at radius 2 is 1.74 bits per heavy atom. The molecule has 2 aromatic heterocycles. The number of benzene rings is 2. The van der Waals surface area contributed by atoms with Crippen molar-refractivity contribution in [2.75, 3.05) is 18.0 Å². The molecular formula is C27H24F3N5O2S. The van der Waals surface area contributed by atoms with Crippen LogP contribution in [0.4, 0.5) is 19.1 Å². The number of piperidine rings is 1. The molecule has 11 heteroatoms. The number of nitrogens with zero attached hydrogens (tertiary/aromatic N) is 5. The molecule has 0 aliphatic carbocycles. The van der Waals surface area contributed by atoms with Gasteiger partial charge in [-0.05, 0) is 48.9 Å². The molecule has 1 aliphatic heterocycles. The number of carboxylic acids is 1. The molecule has 5 rings (SSSR count). The van der Waals surface area contributed by atoms with Crippen molar-refractivity contribution in [3.05, 3.63) is 83.1 Å². The molecule has 0 radical (unpaired) electrons. The zero-order valence-corrected chi connectivity index (χ0v) is 21.0. The van der Waals surface area contributed by atoms with E-state index in [0.29, 0.717) is 5.92 Å². The first-order chi connectivity index (χ1) is 18.2. The van der Waals surface area contributed by atoms with Crippen molar-refractivity contribution in [2.24, 2.45) is 5.92 Å². The highest BCUT2D eigenvalue weighted by molar-refractivity contribution is 7.18. The number of nitriles is 1. The van der Waals surface area contributed by atoms with E-state index in [2.05, 4.69) is 51.3 Å². The number of aliphatic carboxylic acids is 1. The van der Waals surface area contributed by atoms with Crippen molar-refractivity contribution in [3.63, 3.8) is 0 Å². The molecule has 1 fully saturated rings. The van der Waals surface area contributed by atoms with Crippen molar-refractivity contribution in [2.45, 2.75) is 31.4 Å². The fraction of sp³-hybridized carbons (Fsp3) is 0.296. The van der Waals surface area contributed by atoms with Gasteiger partial charge in [-0.15, -0.1) is 11.3 Å². The summed E-state index contributed by atoms with van der Waals surface area (Å²) in [5, 5.41) is 17.8. The van der Waals surface area contributed by atoms with Crippen LogP contribution in [-0.4, -0.2) is 45.3 Å². The average Bonchev–Trinajstić information content (AvgIpc) is 3.34. The van der Waals surface area contributed by atoms with Crippen LogP contribution in [0, 0.1) is 17.2 Å². The topological polar surface area (TPSA) is 103 Å². The molecular weight excluding hydrogens is 515 g/mol. The smallest absolute Gasteiger partial charge is 0.475 e. The largest absolute Gasteiger partial charge is 0.490 e. The Labute approximate surface area is 221 Å². The lowest BCUT2D eigenvalue weighted by atomic mass is 9.90. The van der Waals surface area contributed by atoms with Gasteiger partial charge in [0.25, 0.3) is 0 Å². The van der Waals surface area contributed by atoms with E-state index in [4.69, 9.17) is 14.9 Å². The number of thiazole rings is 1. The molecule has 0 saturated carbocycles. The maximum Gasteiger partial charge on any atom is 0.490 e. The number of alkyl halides is 3. The highest BCUT2D eigenvalue weighted by atomic mass is 32.1. The molecule has 1 N–H and O–H groups in total. The van der Waals surface area contributed by atoms with Gasteiger partial charge in [0, 0.05) is 19.3 Å². The normalized spacial score (nSPS) is 14.8. The second-order valence-electron chi connectivity index (χ2n) is 8.79. The van der Waals surface area contributed by atoms with E-state index in [1.54, 1.807) is 17.5 Å². The van der Waals surface area contributed by atoms with Gasteiger partial charge in [0.15, 0.2) is 0 Å². The number of carboxylic acid groups (broad SMARTS) is 1. The third-order valence-corrected chi connectivity index (χ3v) is 7.25. The maximum absolute atomic E-state index is 10.6. The molecule has 0 amide bonds. The van der Waals surface area contributed by atoms with Crippen LogP contribution in [-0.2, 0) is 11.2 Å². The number of aromatic nitrogens is 3. The van der Waals surface area contributed by atoms with E-state index < -0.39 is 18.1 Å². The molecule has 2 aromatic carbocycles. The van der Waals surface area contributed by atoms with Gasteiger partial charge in [-0.2, -0.15) is 18.4 Å². The van der Waals surface area contributed by atoms with Gasteiger partial charge in [-0.1, -0.05) is 42.5 Å². The summed E-state index contributed by atoms with van der Waals surface area (Å²) < 4.78 is 32.8. The zero-order valence-electron chi connectivity index (χ0n) is 20.2. The van der Waals surface area contributed by atoms with Crippen molar-refractivity contribution in [1.29, 1.82) is 5.26 Å². The molecule has 1 unspecified atom stereocenters. The van der Waals surface area contributed by atoms with E-state index in [1.165, 1.54) is 5.56 Å². The molecule has 1 aliphatic rings. The number of fused-ring (bicyclic) bond motifs is 1. The highest BCUT2D eigenvalue weighted by Crippen LogP contribution is 2.31. The molecule has 0 spiro atoms. The minimum atomic E-state index is -5.08. The van der Waals surface area contributed by atoms with Crippen LogP contribution in [0.3, 0.4) is 0 Å². The lowest BCUT2D eigenvalue weighted by molar-refractivity contribution is -0.192. The molecule has 1 atom stereocenters. The Bertz CT molecular complexity index is 1380. The van der Waals surface area contributed by atoms with Gasteiger partial charge >= 0.3 is 12.1 Å². The van der Waals surface area contributed by atoms with Crippen LogP contribution in [0.25, 0.3) is 10.2 Å². The minimum absolute atomic E-state index is 0.477. The van der Waals surface area contributed by atoms with Gasteiger partial charge in [-0.25, -0.2) is 19.7 Å². The van der Waals surface area contributed by atoms with Crippen molar-refractivity contribution < 1.29 is 23.1 Å². The Hall–Kier alpha value is -4.04. The van der Waals surface area contributed by atoms with E-state index >= 15 is 0 Å². The first-order valence-electron chi connectivity index (χ1n) is 11.9. The predicted molar refractivity (Wildman–Crippen MR) is 138 cm³/mol. The summed E-state index contributed by atoms with van der Waals surface area (Å²) in [7, 11) is 0. The van der Waals surface area contributed by atoms with E-state index in [1.807, 2.05) is 30.3 Å². The third-order valence-electron chi connectivity index (χ3n) is 6.15. The lowest BCUT2D eigenvalue weighted by Crippen LogP contribution is -2.35. The van der Waals surface area contributed by atoms with Crippen molar-refractivity contribution >= 4 is 33.5 Å². The molecule has 4 aromatic rings. The summed E-state index contributed by atoms with van der Waals surface area (Å²) in [6, 6.07) is 22.9. The fourth-order valence-electron chi connectivity index (χ4n) is 4.22. The number of hydrogen-bond acceptors (Lipinski definition) is 7. The zero-order chi connectivity index (χ0) is 27.1. The number of anilines is 1. The van der Waals surface area contributed by atoms with E-state index in [0.717, 1.165) is 59.2 Å². The lowest BCUT2D eigenvalue weighted by Gasteiger charge is -2.32. The number of para-hydroxylation sites is 1. The van der Waals surface area contributed by atoms with Crippen LogP contribution in [0.2, 0.25) is 0 Å². The highest BCUT2D eigenvalue weighted by Gasteiger charge is 2.38. The average molecular weight is 540 g/mol. The van der Waals surface area contributed by atoms with Crippen LogP contribution in [0.5, 0.6) is 0 Å². The van der Waals surface area contributed by atoms with Gasteiger partial charge in [-0.3, -0.25) is 0 Å². The van der Waals surface area contributed by atoms with Crippen LogP contribution in [0.1, 0.15) is 35.0 Å². The summed E-state index contributed by atoms with van der Waals surface area (Å²) in [5.41, 5.74) is 3.06. The number of hydrogen-bond donors (Lipinski definition) is 1. The summed E-state index contributed by atoms with van der Waals surface area (Å²) in [6.07, 6.45) is 0.0686. The minimum Gasteiger partial charge on any atom is -0.475 e. The molecule has 38 heavy (non-hydrogen) atoms. The monoisotopic (exact) mass is 539 g/mol. The van der Waals surface area contributed by atoms with Crippen molar-refractivity contribution in [1.82, 2.24) is 15.0 Å². The quantitative estimate of drug-likeness (QED) is 0.340. The standard InChI is InChI=1S/C25H23N5S.C2HF3O2/c26-17-20(24-28-22-8-4-5-9-23(22)31-24)21-10-13-27-25(29-21)30-14-11-19(12-15-30)16-18-6-2-1-3-7-18;3-2(4,5)1(6)7/h1-10,13,19-20H,11-12,14-16H2;(H,6,7). The SMILES string of the molecule is N#CC(c1ccnc(N2CCC(Cc3ccccc3)CC2)n1)c1nc2ccccc2s1.O=C(O)C(F)(F)F. The summed E-state index contributed by atoms with van der Waals surface area (Å²) in [6.45, 7) is 1.89. The molecule has 3 heterocycles. The van der Waals surface area contributed by atoms with Gasteiger partial charge in [0.1, 0.15) is 10.9 Å². The van der Waals surface area contributed by atoms with E-state index in [-0.39, 0.29) is 0 Å². The Morgan fingerprint density at radius 3 is 2.37 bits per heavy atom. The Balaban J connectivity index is 0.000000426. The molecule has 1 saturated heterocycles. The van der Waals surface area contributed by atoms with Crippen LogP contribution in [0.15, 0.2) is 66.9 Å². The van der Waals surface area contributed by atoms with Gasteiger partial charge < -0.3 is 10.0 Å². The first kappa shape index (κ1) is 27.0. The summed E-state index contributed by atoms with van der Waals surface area (Å²) >= 11 is 1.56. The third kappa shape index (κ3) is 6.83. The number of rotatable bonds is 5. The Morgan fingerprint density at radius 1 is 1.08 bits per heavy atom. The van der Waals surface area contributed by atoms with Crippen LogP contribution >= 0.6 is 11.3 Å². The maximum atomic E-state index is 10.6. The summed E-state index contributed by atoms with van der Waals surface area (Å²) in [5.74, 6) is -1.82. The predicted octanol–water partition coefficient (Wildman–Crippen LogP) is 5.83. The van der Waals surface area contributed by atoms with E-state index in [9.17, 15) is 18.4 Å². The first-order valence-corrected chi connectivity index (χ1v) is 12.7. The van der Waals surface area contributed by atoms with Crippen LogP contribution < -0.4 is 4.90 Å². The fourth-order valence-corrected chi connectivity index (χ4v) is 5.25. The second kappa shape index (κ2) is 12.0.